The average molecular weight is 439 g/mol. The summed E-state index contributed by atoms with van der Waals surface area (Å²) in [4.78, 5) is 14.7. The minimum absolute atomic E-state index is 0.375. The molecule has 4 atom stereocenters. The van der Waals surface area contributed by atoms with Gasteiger partial charge in [0, 0.05) is 26.0 Å². The molecule has 0 bridgehead atoms. The number of nitrogens with zero attached hydrogens (tertiary/aromatic N) is 6. The van der Waals surface area contributed by atoms with Gasteiger partial charge in [-0.2, -0.15) is 5.10 Å². The van der Waals surface area contributed by atoms with Crippen LogP contribution in [0.3, 0.4) is 0 Å². The Labute approximate surface area is 184 Å². The maximum absolute atomic E-state index is 10.3. The Balaban J connectivity index is 1.45. The van der Waals surface area contributed by atoms with Gasteiger partial charge in [-0.15, -0.1) is 0 Å². The molecule has 11 heteroatoms. The van der Waals surface area contributed by atoms with Gasteiger partial charge in [-0.05, 0) is 23.8 Å². The van der Waals surface area contributed by atoms with Crippen molar-refractivity contribution in [2.24, 2.45) is 5.10 Å². The molecule has 0 saturated carbocycles. The smallest absolute Gasteiger partial charge is 0.177 e. The monoisotopic (exact) mass is 439 g/mol. The second-order valence-electron chi connectivity index (χ2n) is 7.51. The SMILES string of the molecule is CN(C)c1ccc(/C=C/C=N/Nc2ncnc3c2ncn3[C@@H]2O[C@H](CO)C(O)C2O)cc1. The summed E-state index contributed by atoms with van der Waals surface area (Å²) in [6.45, 7) is -0.412. The molecule has 168 valence electrons. The third kappa shape index (κ3) is 4.32. The number of aromatic nitrogens is 4. The lowest BCUT2D eigenvalue weighted by molar-refractivity contribution is -0.0511. The summed E-state index contributed by atoms with van der Waals surface area (Å²) in [6.07, 6.45) is 3.83. The quantitative estimate of drug-likeness (QED) is 0.308. The number of ether oxygens (including phenoxy) is 1. The van der Waals surface area contributed by atoms with E-state index in [1.165, 1.54) is 17.2 Å². The zero-order valence-corrected chi connectivity index (χ0v) is 17.6. The van der Waals surface area contributed by atoms with E-state index in [4.69, 9.17) is 4.74 Å². The Bertz CT molecular complexity index is 1110. The number of nitrogens with one attached hydrogen (secondary N) is 1. The third-order valence-electron chi connectivity index (χ3n) is 5.18. The molecule has 1 aliphatic heterocycles. The molecule has 0 radical (unpaired) electrons. The topological polar surface area (TPSA) is 141 Å². The second kappa shape index (κ2) is 9.40. The van der Waals surface area contributed by atoms with Crippen molar-refractivity contribution in [3.05, 3.63) is 48.6 Å². The number of hydrogen-bond donors (Lipinski definition) is 4. The summed E-state index contributed by atoms with van der Waals surface area (Å²) in [6, 6.07) is 8.11. The van der Waals surface area contributed by atoms with Crippen LogP contribution in [-0.4, -0.2) is 80.1 Å². The molecule has 0 amide bonds. The van der Waals surface area contributed by atoms with Gasteiger partial charge >= 0.3 is 0 Å². The molecule has 32 heavy (non-hydrogen) atoms. The first-order chi connectivity index (χ1) is 15.5. The van der Waals surface area contributed by atoms with Crippen LogP contribution in [0.4, 0.5) is 11.5 Å². The van der Waals surface area contributed by atoms with Crippen molar-refractivity contribution in [1.29, 1.82) is 0 Å². The fraction of sp³-hybridized carbons (Fsp3) is 0.333. The molecule has 0 aliphatic carbocycles. The van der Waals surface area contributed by atoms with Crippen LogP contribution in [0.15, 0.2) is 48.1 Å². The van der Waals surface area contributed by atoms with Crippen LogP contribution >= 0.6 is 0 Å². The predicted molar refractivity (Wildman–Crippen MR) is 120 cm³/mol. The summed E-state index contributed by atoms with van der Waals surface area (Å²) in [5.41, 5.74) is 5.82. The summed E-state index contributed by atoms with van der Waals surface area (Å²) >= 11 is 0. The van der Waals surface area contributed by atoms with E-state index in [-0.39, 0.29) is 0 Å². The summed E-state index contributed by atoms with van der Waals surface area (Å²) < 4.78 is 7.05. The van der Waals surface area contributed by atoms with Crippen LogP contribution in [0.25, 0.3) is 17.2 Å². The lowest BCUT2D eigenvalue weighted by Crippen LogP contribution is -2.33. The van der Waals surface area contributed by atoms with Gasteiger partial charge in [-0.1, -0.05) is 18.2 Å². The lowest BCUT2D eigenvalue weighted by Gasteiger charge is -2.16. The van der Waals surface area contributed by atoms with Gasteiger partial charge in [0.2, 0.25) is 0 Å². The van der Waals surface area contributed by atoms with Gasteiger partial charge in [0.15, 0.2) is 23.2 Å². The first-order valence-electron chi connectivity index (χ1n) is 10.0. The van der Waals surface area contributed by atoms with Crippen LogP contribution < -0.4 is 10.3 Å². The van der Waals surface area contributed by atoms with Gasteiger partial charge in [-0.25, -0.2) is 15.0 Å². The number of allylic oxidation sites excluding steroid dienone is 1. The van der Waals surface area contributed by atoms with Gasteiger partial charge < -0.3 is 25.0 Å². The fourth-order valence-electron chi connectivity index (χ4n) is 3.41. The van der Waals surface area contributed by atoms with E-state index in [1.807, 2.05) is 49.3 Å². The number of hydrogen-bond acceptors (Lipinski definition) is 10. The van der Waals surface area contributed by atoms with E-state index in [9.17, 15) is 15.3 Å². The number of fused-ring (bicyclic) bond motifs is 1. The van der Waals surface area contributed by atoms with Crippen molar-refractivity contribution in [3.63, 3.8) is 0 Å². The number of rotatable bonds is 7. The molecule has 2 aromatic heterocycles. The van der Waals surface area contributed by atoms with Crippen LogP contribution in [-0.2, 0) is 4.74 Å². The zero-order chi connectivity index (χ0) is 22.7. The Morgan fingerprint density at radius 2 is 1.94 bits per heavy atom. The highest BCUT2D eigenvalue weighted by Crippen LogP contribution is 2.32. The third-order valence-corrected chi connectivity index (χ3v) is 5.18. The van der Waals surface area contributed by atoms with Crippen LogP contribution in [0.5, 0.6) is 0 Å². The molecule has 2 unspecified atom stereocenters. The number of aliphatic hydroxyl groups excluding tert-OH is 3. The van der Waals surface area contributed by atoms with Crippen LogP contribution in [0.2, 0.25) is 0 Å². The van der Waals surface area contributed by atoms with Gasteiger partial charge in [0.25, 0.3) is 0 Å². The Morgan fingerprint density at radius 3 is 2.62 bits per heavy atom. The highest BCUT2D eigenvalue weighted by atomic mass is 16.6. The molecule has 1 saturated heterocycles. The van der Waals surface area contributed by atoms with Crippen molar-refractivity contribution in [1.82, 2.24) is 19.5 Å². The minimum Gasteiger partial charge on any atom is -0.394 e. The van der Waals surface area contributed by atoms with E-state index in [2.05, 4.69) is 25.5 Å². The number of benzene rings is 1. The highest BCUT2D eigenvalue weighted by Gasteiger charge is 2.44. The van der Waals surface area contributed by atoms with E-state index < -0.39 is 31.1 Å². The Kier molecular flexibility index (Phi) is 6.42. The van der Waals surface area contributed by atoms with Gasteiger partial charge in [0.1, 0.15) is 24.6 Å². The van der Waals surface area contributed by atoms with Crippen molar-refractivity contribution in [2.75, 3.05) is 31.0 Å². The molecular formula is C21H25N7O4. The first-order valence-corrected chi connectivity index (χ1v) is 10.0. The number of imidazole rings is 1. The van der Waals surface area contributed by atoms with E-state index in [0.29, 0.717) is 17.0 Å². The maximum Gasteiger partial charge on any atom is 0.177 e. The Hall–Kier alpha value is -3.38. The van der Waals surface area contributed by atoms with Crippen molar-refractivity contribution >= 4 is 35.0 Å². The molecule has 4 rings (SSSR count). The predicted octanol–water partition coefficient (Wildman–Crippen LogP) is 0.615. The molecule has 3 aromatic rings. The maximum atomic E-state index is 10.3. The summed E-state index contributed by atoms with van der Waals surface area (Å²) in [5.74, 6) is 0.375. The van der Waals surface area contributed by atoms with E-state index in [0.717, 1.165) is 11.3 Å². The van der Waals surface area contributed by atoms with Crippen LogP contribution in [0.1, 0.15) is 11.8 Å². The van der Waals surface area contributed by atoms with Gasteiger partial charge in [0.05, 0.1) is 12.9 Å². The number of hydrazone groups is 1. The zero-order valence-electron chi connectivity index (χ0n) is 17.6. The van der Waals surface area contributed by atoms with Crippen molar-refractivity contribution in [3.8, 4) is 0 Å². The van der Waals surface area contributed by atoms with Crippen molar-refractivity contribution in [2.45, 2.75) is 24.5 Å². The molecule has 11 nitrogen and oxygen atoms in total. The first kappa shape index (κ1) is 21.8. The molecule has 1 aromatic carbocycles. The lowest BCUT2D eigenvalue weighted by atomic mass is 10.1. The number of aliphatic hydroxyl groups is 3. The van der Waals surface area contributed by atoms with E-state index >= 15 is 0 Å². The standard InChI is InChI=1S/C21H25N7O4/c1-27(2)14-7-5-13(6-8-14)4-3-9-25-26-19-16-20(23-11-22-19)28(12-24-16)21-18(31)17(30)15(10-29)32-21/h3-9,11-12,15,17-18,21,29-31H,10H2,1-2H3,(H,22,23,26)/b4-3+,25-9+/t15-,17?,18?,21-/m1/s1. The van der Waals surface area contributed by atoms with Gasteiger partial charge in [-0.3, -0.25) is 9.99 Å². The van der Waals surface area contributed by atoms with Crippen molar-refractivity contribution < 1.29 is 20.1 Å². The Morgan fingerprint density at radius 1 is 1.16 bits per heavy atom. The average Bonchev–Trinajstić information content (AvgIpc) is 3.35. The molecular weight excluding hydrogens is 414 g/mol. The molecule has 1 fully saturated rings. The second-order valence-corrected chi connectivity index (χ2v) is 7.51. The summed E-state index contributed by atoms with van der Waals surface area (Å²) in [7, 11) is 3.99. The highest BCUT2D eigenvalue weighted by molar-refractivity contribution is 5.84. The normalized spacial score (nSPS) is 23.5. The molecule has 3 heterocycles. The molecule has 0 spiro atoms. The fourth-order valence-corrected chi connectivity index (χ4v) is 3.41. The van der Waals surface area contributed by atoms with E-state index in [1.54, 1.807) is 12.3 Å². The largest absolute Gasteiger partial charge is 0.394 e. The van der Waals surface area contributed by atoms with Crippen LogP contribution in [0, 0.1) is 0 Å². The number of anilines is 2. The summed E-state index contributed by atoms with van der Waals surface area (Å²) in [5, 5.41) is 33.7. The molecule has 4 N–H and O–H groups in total. The molecule has 1 aliphatic rings. The minimum atomic E-state index is -1.23.